The number of phenols is 1. The number of benzene rings is 1. The molecule has 0 bridgehead atoms. The lowest BCUT2D eigenvalue weighted by molar-refractivity contribution is -0.120. The van der Waals surface area contributed by atoms with Crippen molar-refractivity contribution in [3.63, 3.8) is 0 Å². The highest BCUT2D eigenvalue weighted by Crippen LogP contribution is 2.36. The van der Waals surface area contributed by atoms with Crippen molar-refractivity contribution in [3.05, 3.63) is 40.1 Å². The summed E-state index contributed by atoms with van der Waals surface area (Å²) in [5.41, 5.74) is 3.08. The van der Waals surface area contributed by atoms with E-state index in [-0.39, 0.29) is 29.6 Å². The van der Waals surface area contributed by atoms with Gasteiger partial charge < -0.3 is 14.6 Å². The van der Waals surface area contributed by atoms with E-state index in [0.29, 0.717) is 5.56 Å². The van der Waals surface area contributed by atoms with E-state index < -0.39 is 0 Å². The van der Waals surface area contributed by atoms with Gasteiger partial charge in [-0.25, -0.2) is 5.43 Å². The van der Waals surface area contributed by atoms with Crippen LogP contribution >= 0.6 is 11.3 Å². The number of hydrazone groups is 1. The maximum absolute atomic E-state index is 11.7. The number of thiophene rings is 1. The smallest absolute Gasteiger partial charge is 0.245 e. The summed E-state index contributed by atoms with van der Waals surface area (Å²) in [7, 11) is 2.89. The number of hydrogen-bond acceptors (Lipinski definition) is 6. The number of carbonyl (C=O) groups is 1. The standard InChI is InChI=1S/C15H16N2O4S/c1-20-12-6-10(7-13(21-2)15(12)19)9-16-17-14(18)8-11-4-3-5-22-11/h3-7,9,19H,8H2,1-2H3,(H,17,18). The first-order chi connectivity index (χ1) is 10.6. The van der Waals surface area contributed by atoms with Gasteiger partial charge in [0, 0.05) is 10.4 Å². The van der Waals surface area contributed by atoms with Crippen molar-refractivity contribution in [1.29, 1.82) is 0 Å². The van der Waals surface area contributed by atoms with Crippen molar-refractivity contribution in [2.45, 2.75) is 6.42 Å². The molecule has 0 atom stereocenters. The molecule has 0 unspecified atom stereocenters. The molecule has 2 aromatic rings. The molecule has 0 aliphatic heterocycles. The van der Waals surface area contributed by atoms with Crippen LogP contribution in [0.3, 0.4) is 0 Å². The summed E-state index contributed by atoms with van der Waals surface area (Å²) in [6.45, 7) is 0. The van der Waals surface area contributed by atoms with Crippen molar-refractivity contribution in [2.75, 3.05) is 14.2 Å². The molecule has 0 spiro atoms. The molecule has 0 aliphatic rings. The highest BCUT2D eigenvalue weighted by atomic mass is 32.1. The summed E-state index contributed by atoms with van der Waals surface area (Å²) in [4.78, 5) is 12.7. The second-order valence-electron chi connectivity index (χ2n) is 4.32. The molecule has 0 aliphatic carbocycles. The summed E-state index contributed by atoms with van der Waals surface area (Å²) in [5, 5.41) is 15.6. The van der Waals surface area contributed by atoms with Crippen LogP contribution in [-0.2, 0) is 11.2 Å². The Labute approximate surface area is 132 Å². The zero-order chi connectivity index (χ0) is 15.9. The number of ether oxygens (including phenoxy) is 2. The first-order valence-corrected chi connectivity index (χ1v) is 7.31. The van der Waals surface area contributed by atoms with E-state index in [0.717, 1.165) is 4.88 Å². The normalized spacial score (nSPS) is 10.6. The number of methoxy groups -OCH3 is 2. The van der Waals surface area contributed by atoms with Crippen molar-refractivity contribution < 1.29 is 19.4 Å². The average molecular weight is 320 g/mol. The molecule has 1 aromatic heterocycles. The number of hydrogen-bond donors (Lipinski definition) is 2. The number of carbonyl (C=O) groups excluding carboxylic acids is 1. The van der Waals surface area contributed by atoms with Crippen molar-refractivity contribution in [1.82, 2.24) is 5.43 Å². The van der Waals surface area contributed by atoms with E-state index in [1.807, 2.05) is 17.5 Å². The van der Waals surface area contributed by atoms with Crippen LogP contribution in [-0.4, -0.2) is 31.4 Å². The molecule has 2 N–H and O–H groups in total. The molecule has 1 aromatic carbocycles. The molecule has 1 heterocycles. The van der Waals surface area contributed by atoms with Crippen molar-refractivity contribution in [3.8, 4) is 17.2 Å². The van der Waals surface area contributed by atoms with E-state index >= 15 is 0 Å². The second kappa shape index (κ2) is 7.46. The zero-order valence-electron chi connectivity index (χ0n) is 12.2. The molecular weight excluding hydrogens is 304 g/mol. The number of amides is 1. The van der Waals surface area contributed by atoms with Gasteiger partial charge in [0.05, 0.1) is 26.9 Å². The minimum absolute atomic E-state index is 0.0797. The third-order valence-electron chi connectivity index (χ3n) is 2.82. The van der Waals surface area contributed by atoms with E-state index in [1.165, 1.54) is 31.8 Å². The fourth-order valence-electron chi connectivity index (χ4n) is 1.78. The molecule has 0 radical (unpaired) electrons. The van der Waals surface area contributed by atoms with Crippen LogP contribution in [0.25, 0.3) is 0 Å². The quantitative estimate of drug-likeness (QED) is 0.631. The maximum atomic E-state index is 11.7. The van der Waals surface area contributed by atoms with Crippen LogP contribution in [0.2, 0.25) is 0 Å². The third kappa shape index (κ3) is 3.98. The molecule has 0 fully saturated rings. The number of nitrogens with one attached hydrogen (secondary N) is 1. The van der Waals surface area contributed by atoms with Gasteiger partial charge in [0.25, 0.3) is 0 Å². The van der Waals surface area contributed by atoms with Crippen molar-refractivity contribution in [2.24, 2.45) is 5.10 Å². The topological polar surface area (TPSA) is 80.2 Å². The minimum Gasteiger partial charge on any atom is -0.502 e. The van der Waals surface area contributed by atoms with Gasteiger partial charge in [0.15, 0.2) is 11.5 Å². The summed E-state index contributed by atoms with van der Waals surface area (Å²) < 4.78 is 10.1. The predicted molar refractivity (Wildman–Crippen MR) is 85.0 cm³/mol. The number of aromatic hydroxyl groups is 1. The van der Waals surface area contributed by atoms with Gasteiger partial charge in [-0.3, -0.25) is 4.79 Å². The minimum atomic E-state index is -0.198. The van der Waals surface area contributed by atoms with Crippen LogP contribution in [0.15, 0.2) is 34.7 Å². The van der Waals surface area contributed by atoms with Gasteiger partial charge in [-0.05, 0) is 23.6 Å². The second-order valence-corrected chi connectivity index (χ2v) is 5.36. The van der Waals surface area contributed by atoms with E-state index in [4.69, 9.17) is 9.47 Å². The van der Waals surface area contributed by atoms with Gasteiger partial charge in [-0.1, -0.05) is 6.07 Å². The molecule has 7 heteroatoms. The molecule has 1 amide bonds. The summed E-state index contributed by atoms with van der Waals surface area (Å²) >= 11 is 1.52. The molecule has 0 saturated carbocycles. The maximum Gasteiger partial charge on any atom is 0.245 e. The van der Waals surface area contributed by atoms with E-state index in [2.05, 4.69) is 10.5 Å². The predicted octanol–water partition coefficient (Wildman–Crippen LogP) is 2.16. The van der Waals surface area contributed by atoms with Crippen LogP contribution in [0.4, 0.5) is 0 Å². The summed E-state index contributed by atoms with van der Waals surface area (Å²) in [6, 6.07) is 6.97. The van der Waals surface area contributed by atoms with Crippen LogP contribution in [0, 0.1) is 0 Å². The fraction of sp³-hybridized carbons (Fsp3) is 0.200. The van der Waals surface area contributed by atoms with Gasteiger partial charge in [-0.15, -0.1) is 11.3 Å². The van der Waals surface area contributed by atoms with Gasteiger partial charge in [0.2, 0.25) is 11.7 Å². The monoisotopic (exact) mass is 320 g/mol. The highest BCUT2D eigenvalue weighted by molar-refractivity contribution is 7.10. The third-order valence-corrected chi connectivity index (χ3v) is 3.70. The Morgan fingerprint density at radius 3 is 2.59 bits per heavy atom. The summed E-state index contributed by atoms with van der Waals surface area (Å²) in [5.74, 6) is 0.261. The highest BCUT2D eigenvalue weighted by Gasteiger charge is 2.10. The molecule has 22 heavy (non-hydrogen) atoms. The van der Waals surface area contributed by atoms with Gasteiger partial charge in [-0.2, -0.15) is 5.10 Å². The Morgan fingerprint density at radius 1 is 1.36 bits per heavy atom. The largest absolute Gasteiger partial charge is 0.502 e. The molecule has 2 rings (SSSR count). The van der Waals surface area contributed by atoms with E-state index in [9.17, 15) is 9.90 Å². The molecular formula is C15H16N2O4S. The fourth-order valence-corrected chi connectivity index (χ4v) is 2.48. The first kappa shape index (κ1) is 15.8. The van der Waals surface area contributed by atoms with Crippen LogP contribution in [0.1, 0.15) is 10.4 Å². The number of phenolic OH excluding ortho intramolecular Hbond substituents is 1. The average Bonchev–Trinajstić information content (AvgIpc) is 3.01. The SMILES string of the molecule is COc1cc(C=NNC(=O)Cc2cccs2)cc(OC)c1O. The lowest BCUT2D eigenvalue weighted by atomic mass is 10.2. The van der Waals surface area contributed by atoms with E-state index in [1.54, 1.807) is 12.1 Å². The Morgan fingerprint density at radius 2 is 2.05 bits per heavy atom. The Hall–Kier alpha value is -2.54. The Balaban J connectivity index is 2.02. The van der Waals surface area contributed by atoms with Crippen LogP contribution < -0.4 is 14.9 Å². The molecule has 0 saturated heterocycles. The lowest BCUT2D eigenvalue weighted by Gasteiger charge is -2.09. The Bertz CT molecular complexity index is 643. The van der Waals surface area contributed by atoms with Crippen molar-refractivity contribution >= 4 is 23.5 Å². The zero-order valence-corrected chi connectivity index (χ0v) is 13.0. The molecule has 116 valence electrons. The van der Waals surface area contributed by atoms with Crippen LogP contribution in [0.5, 0.6) is 17.2 Å². The van der Waals surface area contributed by atoms with Gasteiger partial charge >= 0.3 is 0 Å². The number of nitrogens with zero attached hydrogens (tertiary/aromatic N) is 1. The van der Waals surface area contributed by atoms with Gasteiger partial charge in [0.1, 0.15) is 0 Å². The lowest BCUT2D eigenvalue weighted by Crippen LogP contribution is -2.19. The Kier molecular flexibility index (Phi) is 5.37. The molecule has 6 nitrogen and oxygen atoms in total. The first-order valence-electron chi connectivity index (χ1n) is 6.43. The number of rotatable bonds is 6. The summed E-state index contributed by atoms with van der Waals surface area (Å²) in [6.07, 6.45) is 1.74.